The van der Waals surface area contributed by atoms with Gasteiger partial charge in [-0.15, -0.1) is 0 Å². The van der Waals surface area contributed by atoms with Crippen molar-refractivity contribution in [3.05, 3.63) is 53.3 Å². The number of phenolic OH excluding ortho intramolecular Hbond substituents is 2. The number of nitrogens with one attached hydrogen (secondary N) is 1. The van der Waals surface area contributed by atoms with Gasteiger partial charge < -0.3 is 54.3 Å². The number of carbonyl (C=O) groups is 4. The van der Waals surface area contributed by atoms with Crippen LogP contribution < -0.4 is 44.3 Å². The molecule has 9 atom stereocenters. The van der Waals surface area contributed by atoms with Crippen LogP contribution in [-0.4, -0.2) is 106 Å². The molecule has 2 aromatic rings. The fourth-order valence-electron chi connectivity index (χ4n) is 7.28. The third kappa shape index (κ3) is 10.3. The molecule has 0 fully saturated rings. The SMILES string of the molecule is COC1/C=C/OC2(C)Oc3c(C)c(O)c4c(O)c(cc(OCC(=O)N(C)C(C)C)c4c3C2=O)NC(=O)/C(C)=C/C=C/C(C)C(O)C(C)C(O)C(C)C(OC(C)=O)C1C.[Na+]. The van der Waals surface area contributed by atoms with Crippen molar-refractivity contribution in [1.82, 2.24) is 4.90 Å². The van der Waals surface area contributed by atoms with Gasteiger partial charge in [0, 0.05) is 80.3 Å². The van der Waals surface area contributed by atoms with E-state index in [1.54, 1.807) is 46.9 Å². The van der Waals surface area contributed by atoms with Crippen molar-refractivity contribution in [2.45, 2.75) is 105 Å². The molecule has 2 amide bonds. The number of ketones is 1. The summed E-state index contributed by atoms with van der Waals surface area (Å²) in [5.41, 5.74) is -0.0251. The Labute approximate surface area is 367 Å². The van der Waals surface area contributed by atoms with Crippen molar-refractivity contribution >= 4 is 40.0 Å². The summed E-state index contributed by atoms with van der Waals surface area (Å²) in [6.45, 7) is 15.7. The summed E-state index contributed by atoms with van der Waals surface area (Å²) in [7, 11) is 3.04. The van der Waals surface area contributed by atoms with Crippen LogP contribution in [0.25, 0.3) is 10.8 Å². The smallest absolute Gasteiger partial charge is 0.507 e. The molecule has 0 aromatic heterocycles. The summed E-state index contributed by atoms with van der Waals surface area (Å²) >= 11 is 0. The topological polar surface area (TPSA) is 211 Å². The van der Waals surface area contributed by atoms with Crippen LogP contribution in [0.2, 0.25) is 0 Å². The summed E-state index contributed by atoms with van der Waals surface area (Å²) in [6, 6.07) is 1.10. The number of nitrogens with zero attached hydrogens (tertiary/aromatic N) is 1. The second-order valence-electron chi connectivity index (χ2n) is 15.8. The Morgan fingerprint density at radius 2 is 1.63 bits per heavy atom. The first-order valence-corrected chi connectivity index (χ1v) is 19.3. The molecule has 3 aliphatic rings. The minimum absolute atomic E-state index is 0. The number of Topliss-reactive ketones (excluding diaryl/α,β-unsaturated/α-hetero) is 1. The van der Waals surface area contributed by atoms with E-state index in [0.717, 1.165) is 0 Å². The van der Waals surface area contributed by atoms with Gasteiger partial charge in [0.25, 0.3) is 17.6 Å². The maximum Gasteiger partial charge on any atom is 1.00 e. The second kappa shape index (κ2) is 20.0. The minimum atomic E-state index is -2.02. The molecule has 0 spiro atoms. The first kappa shape index (κ1) is 49.2. The summed E-state index contributed by atoms with van der Waals surface area (Å²) in [4.78, 5) is 54.8. The fraction of sp³-hybridized carbons (Fsp3) is 0.535. The summed E-state index contributed by atoms with van der Waals surface area (Å²) in [5.74, 6) is -8.09. The number of aliphatic hydroxyl groups excluding tert-OH is 2. The molecule has 0 saturated carbocycles. The van der Waals surface area contributed by atoms with Gasteiger partial charge in [-0.1, -0.05) is 45.9 Å². The number of amides is 2. The predicted molar refractivity (Wildman–Crippen MR) is 216 cm³/mol. The molecule has 16 heteroatoms. The number of aliphatic hydroxyl groups is 2. The van der Waals surface area contributed by atoms with Crippen molar-refractivity contribution in [3.63, 3.8) is 0 Å². The molecular formula is C43H58N2NaO13+. The number of benzene rings is 2. The number of hydrogen-bond donors (Lipinski definition) is 5. The van der Waals surface area contributed by atoms with Crippen LogP contribution in [0.3, 0.4) is 0 Å². The Kier molecular flexibility index (Phi) is 16.7. The van der Waals surface area contributed by atoms with Gasteiger partial charge >= 0.3 is 41.3 Å². The molecule has 0 saturated heterocycles. The van der Waals surface area contributed by atoms with Crippen LogP contribution >= 0.6 is 0 Å². The Bertz CT molecular complexity index is 2010. The van der Waals surface area contributed by atoms with Crippen LogP contribution in [0, 0.1) is 30.6 Å². The van der Waals surface area contributed by atoms with Gasteiger partial charge in [0.05, 0.1) is 41.2 Å². The molecule has 3 aliphatic heterocycles. The van der Waals surface area contributed by atoms with Gasteiger partial charge in [-0.2, -0.15) is 0 Å². The summed E-state index contributed by atoms with van der Waals surface area (Å²) < 4.78 is 29.7. The number of anilines is 1. The third-order valence-corrected chi connectivity index (χ3v) is 11.3. The first-order chi connectivity index (χ1) is 27.1. The molecule has 5 bridgehead atoms. The number of fused-ring (bicyclic) bond motifs is 14. The van der Waals surface area contributed by atoms with Crippen LogP contribution in [-0.2, 0) is 28.6 Å². The number of methoxy groups -OCH3 is 1. The van der Waals surface area contributed by atoms with Crippen LogP contribution in [0.5, 0.6) is 23.0 Å². The van der Waals surface area contributed by atoms with E-state index in [0.29, 0.717) is 0 Å². The quantitative estimate of drug-likeness (QED) is 0.161. The number of hydrogen-bond acceptors (Lipinski definition) is 13. The average Bonchev–Trinajstić information content (AvgIpc) is 3.44. The van der Waals surface area contributed by atoms with E-state index >= 15 is 0 Å². The van der Waals surface area contributed by atoms with Crippen molar-refractivity contribution in [2.75, 3.05) is 26.1 Å². The van der Waals surface area contributed by atoms with Gasteiger partial charge in [0.1, 0.15) is 23.4 Å². The molecule has 15 nitrogen and oxygen atoms in total. The Balaban J connectivity index is 0.00000930. The maximum atomic E-state index is 14.4. The fourth-order valence-corrected chi connectivity index (χ4v) is 7.28. The molecule has 59 heavy (non-hydrogen) atoms. The molecule has 0 aliphatic carbocycles. The number of rotatable bonds is 6. The second-order valence-corrected chi connectivity index (χ2v) is 15.8. The van der Waals surface area contributed by atoms with Gasteiger partial charge in [0.2, 0.25) is 0 Å². The van der Waals surface area contributed by atoms with Crippen LogP contribution in [0.4, 0.5) is 5.69 Å². The largest absolute Gasteiger partial charge is 1.00 e. The minimum Gasteiger partial charge on any atom is -0.507 e. The van der Waals surface area contributed by atoms with Crippen LogP contribution in [0.15, 0.2) is 42.2 Å². The molecule has 5 N–H and O–H groups in total. The van der Waals surface area contributed by atoms with Crippen molar-refractivity contribution in [1.29, 1.82) is 0 Å². The van der Waals surface area contributed by atoms with E-state index < -0.39 is 95.5 Å². The van der Waals surface area contributed by atoms with Gasteiger partial charge in [-0.05, 0) is 33.8 Å². The number of ether oxygens (including phenoxy) is 5. The van der Waals surface area contributed by atoms with E-state index in [-0.39, 0.29) is 80.3 Å². The van der Waals surface area contributed by atoms with E-state index in [1.807, 2.05) is 13.8 Å². The standard InChI is InChI=1S/C43H58N2O13.Na/c1-20(2)45(11)31(47)19-55-30-18-28-38(51)33-32(30)34-40(26(8)37(33)50)58-43(10,41(34)52)56-17-16-29(54-12)23(5)39(57-27(9)46)25(7)36(49)24(6)35(48)21(3)14-13-15-22(4)42(53)44-28;/h13-18,20-21,23-25,29,35-36,39,48-51H,19H2,1-12H3,(H,44,53);/q;+1/b14-13+,17-16+,22-15+;. The Hall–Kier alpha value is -4.12. The molecule has 0 radical (unpaired) electrons. The number of phenols is 2. The molecule has 9 unspecified atom stereocenters. The molecule has 318 valence electrons. The van der Waals surface area contributed by atoms with Crippen LogP contribution in [0.1, 0.15) is 78.2 Å². The number of likely N-dealkylation sites (N-methyl/N-ethyl adjacent to an activating group) is 1. The monoisotopic (exact) mass is 833 g/mol. The predicted octanol–water partition coefficient (Wildman–Crippen LogP) is 2.30. The molecular weight excluding hydrogens is 775 g/mol. The van der Waals surface area contributed by atoms with Crippen molar-refractivity contribution < 1.29 is 92.8 Å². The normalized spacial score (nSPS) is 29.7. The zero-order valence-electron chi connectivity index (χ0n) is 36.3. The Morgan fingerprint density at radius 1 is 0.983 bits per heavy atom. The average molecular weight is 834 g/mol. The van der Waals surface area contributed by atoms with Gasteiger partial charge in [0.15, 0.2) is 12.4 Å². The first-order valence-electron chi connectivity index (χ1n) is 19.3. The zero-order chi connectivity index (χ0) is 43.5. The van der Waals surface area contributed by atoms with Gasteiger partial charge in [-0.3, -0.25) is 19.2 Å². The zero-order valence-corrected chi connectivity index (χ0v) is 38.3. The molecule has 5 rings (SSSR count). The number of carbonyl (C=O) groups excluding carboxylic acids is 4. The van der Waals surface area contributed by atoms with E-state index in [4.69, 9.17) is 23.7 Å². The summed E-state index contributed by atoms with van der Waals surface area (Å²) in [6.07, 6.45) is 3.58. The van der Waals surface area contributed by atoms with Crippen molar-refractivity contribution in [2.24, 2.45) is 23.7 Å². The molecule has 2 aromatic carbocycles. The number of aromatic hydroxyl groups is 2. The third-order valence-electron chi connectivity index (χ3n) is 11.3. The van der Waals surface area contributed by atoms with E-state index in [9.17, 15) is 39.6 Å². The Morgan fingerprint density at radius 3 is 2.22 bits per heavy atom. The van der Waals surface area contributed by atoms with E-state index in [1.165, 1.54) is 64.2 Å². The molecule has 3 heterocycles. The van der Waals surface area contributed by atoms with E-state index in [2.05, 4.69) is 5.32 Å². The van der Waals surface area contributed by atoms with Gasteiger partial charge in [-0.25, -0.2) is 0 Å². The number of esters is 1. The number of allylic oxidation sites excluding steroid dienone is 2. The summed E-state index contributed by atoms with van der Waals surface area (Å²) in [5, 5.41) is 48.3. The van der Waals surface area contributed by atoms with Crippen molar-refractivity contribution in [3.8, 4) is 23.0 Å². The maximum absolute atomic E-state index is 14.4.